The van der Waals surface area contributed by atoms with Crippen molar-refractivity contribution in [3.8, 4) is 5.75 Å². The number of carbonyl (C=O) groups is 1. The average molecular weight is 309 g/mol. The summed E-state index contributed by atoms with van der Waals surface area (Å²) in [5, 5.41) is 10.7. The number of carbonyl (C=O) groups excluding carboxylic acids is 1. The molecule has 1 heterocycles. The summed E-state index contributed by atoms with van der Waals surface area (Å²) in [5.74, 6) is 0.548. The van der Waals surface area contributed by atoms with Crippen molar-refractivity contribution < 1.29 is 14.5 Å². The molecule has 0 N–H and O–H groups in total. The molecular weight excluding hydrogens is 294 g/mol. The Hall–Kier alpha value is -2.95. The van der Waals surface area contributed by atoms with Crippen LogP contribution >= 0.6 is 0 Å². The second-order valence-electron chi connectivity index (χ2n) is 5.45. The SMILES string of the molecule is Cc1ccc2c(c1)C(=O)/C(=C/c1ccc([N+](=O)[O-])cc1)CCO2. The molecular formula is C18H15NO4. The van der Waals surface area contributed by atoms with Crippen LogP contribution in [0.25, 0.3) is 6.08 Å². The first kappa shape index (κ1) is 15.0. The van der Waals surface area contributed by atoms with Gasteiger partial charge in [-0.25, -0.2) is 0 Å². The monoisotopic (exact) mass is 309 g/mol. The molecule has 3 rings (SSSR count). The quantitative estimate of drug-likeness (QED) is 0.478. The van der Waals surface area contributed by atoms with Crippen molar-refractivity contribution in [2.75, 3.05) is 6.61 Å². The fourth-order valence-corrected chi connectivity index (χ4v) is 2.54. The smallest absolute Gasteiger partial charge is 0.269 e. The highest BCUT2D eigenvalue weighted by Crippen LogP contribution is 2.28. The van der Waals surface area contributed by atoms with Crippen LogP contribution in [0.1, 0.15) is 27.9 Å². The van der Waals surface area contributed by atoms with Gasteiger partial charge < -0.3 is 4.74 Å². The predicted octanol–water partition coefficient (Wildman–Crippen LogP) is 3.95. The highest BCUT2D eigenvalue weighted by atomic mass is 16.6. The lowest BCUT2D eigenvalue weighted by molar-refractivity contribution is -0.384. The molecule has 0 aliphatic carbocycles. The number of nitrogens with zero attached hydrogens (tertiary/aromatic N) is 1. The van der Waals surface area contributed by atoms with Crippen LogP contribution in [0.5, 0.6) is 5.75 Å². The van der Waals surface area contributed by atoms with Crippen LogP contribution in [0.3, 0.4) is 0 Å². The van der Waals surface area contributed by atoms with Crippen LogP contribution in [0.15, 0.2) is 48.0 Å². The van der Waals surface area contributed by atoms with Gasteiger partial charge in [-0.15, -0.1) is 0 Å². The molecule has 0 aromatic heterocycles. The van der Waals surface area contributed by atoms with Gasteiger partial charge in [0.15, 0.2) is 5.78 Å². The van der Waals surface area contributed by atoms with E-state index < -0.39 is 4.92 Å². The summed E-state index contributed by atoms with van der Waals surface area (Å²) in [6.45, 7) is 2.36. The number of benzene rings is 2. The van der Waals surface area contributed by atoms with E-state index in [1.54, 1.807) is 18.2 Å². The molecule has 0 fully saturated rings. The van der Waals surface area contributed by atoms with Crippen LogP contribution in [-0.4, -0.2) is 17.3 Å². The first-order valence-corrected chi connectivity index (χ1v) is 7.28. The molecule has 0 saturated heterocycles. The summed E-state index contributed by atoms with van der Waals surface area (Å²) >= 11 is 0. The third kappa shape index (κ3) is 3.13. The normalized spacial score (nSPS) is 15.7. The Kier molecular flexibility index (Phi) is 3.93. The number of aryl methyl sites for hydroxylation is 1. The van der Waals surface area contributed by atoms with Gasteiger partial charge >= 0.3 is 0 Å². The fraction of sp³-hybridized carbons (Fsp3) is 0.167. The number of ether oxygens (including phenoxy) is 1. The Labute approximate surface area is 133 Å². The van der Waals surface area contributed by atoms with Crippen molar-refractivity contribution in [3.63, 3.8) is 0 Å². The molecule has 23 heavy (non-hydrogen) atoms. The van der Waals surface area contributed by atoms with E-state index in [0.717, 1.165) is 11.1 Å². The minimum absolute atomic E-state index is 0.0312. The van der Waals surface area contributed by atoms with Crippen molar-refractivity contribution in [1.29, 1.82) is 0 Å². The second-order valence-corrected chi connectivity index (χ2v) is 5.45. The van der Waals surface area contributed by atoms with E-state index in [1.165, 1.54) is 12.1 Å². The van der Waals surface area contributed by atoms with Crippen LogP contribution in [0, 0.1) is 17.0 Å². The van der Waals surface area contributed by atoms with E-state index in [1.807, 2.05) is 25.1 Å². The molecule has 1 aliphatic heterocycles. The summed E-state index contributed by atoms with van der Waals surface area (Å²) in [5.41, 5.74) is 3.00. The Morgan fingerprint density at radius 1 is 1.17 bits per heavy atom. The molecule has 0 amide bonds. The third-order valence-corrected chi connectivity index (χ3v) is 3.75. The number of fused-ring (bicyclic) bond motifs is 1. The van der Waals surface area contributed by atoms with Crippen molar-refractivity contribution in [2.24, 2.45) is 0 Å². The van der Waals surface area contributed by atoms with Crippen LogP contribution in [0.4, 0.5) is 5.69 Å². The number of nitro benzene ring substituents is 1. The molecule has 0 saturated carbocycles. The zero-order chi connectivity index (χ0) is 16.4. The molecule has 5 heteroatoms. The largest absolute Gasteiger partial charge is 0.492 e. The van der Waals surface area contributed by atoms with Gasteiger partial charge in [0.1, 0.15) is 5.75 Å². The maximum absolute atomic E-state index is 12.7. The zero-order valence-corrected chi connectivity index (χ0v) is 12.6. The summed E-state index contributed by atoms with van der Waals surface area (Å²) < 4.78 is 5.64. The van der Waals surface area contributed by atoms with E-state index in [0.29, 0.717) is 29.9 Å². The zero-order valence-electron chi connectivity index (χ0n) is 12.6. The van der Waals surface area contributed by atoms with Crippen molar-refractivity contribution in [1.82, 2.24) is 0 Å². The molecule has 0 atom stereocenters. The molecule has 2 aromatic rings. The van der Waals surface area contributed by atoms with Gasteiger partial charge in [-0.1, -0.05) is 11.6 Å². The van der Waals surface area contributed by atoms with Crippen LogP contribution in [-0.2, 0) is 0 Å². The first-order valence-electron chi connectivity index (χ1n) is 7.28. The van der Waals surface area contributed by atoms with Gasteiger partial charge in [-0.2, -0.15) is 0 Å². The Balaban J connectivity index is 1.96. The molecule has 5 nitrogen and oxygen atoms in total. The van der Waals surface area contributed by atoms with Gasteiger partial charge in [0.05, 0.1) is 17.1 Å². The highest BCUT2D eigenvalue weighted by Gasteiger charge is 2.21. The maximum Gasteiger partial charge on any atom is 0.269 e. The van der Waals surface area contributed by atoms with E-state index in [9.17, 15) is 14.9 Å². The van der Waals surface area contributed by atoms with E-state index >= 15 is 0 Å². The molecule has 2 aromatic carbocycles. The summed E-state index contributed by atoms with van der Waals surface area (Å²) in [6, 6.07) is 11.7. The lowest BCUT2D eigenvalue weighted by atomic mass is 9.98. The number of hydrogen-bond donors (Lipinski definition) is 0. The Morgan fingerprint density at radius 3 is 2.61 bits per heavy atom. The number of nitro groups is 1. The van der Waals surface area contributed by atoms with Crippen molar-refractivity contribution in [2.45, 2.75) is 13.3 Å². The minimum Gasteiger partial charge on any atom is -0.492 e. The number of hydrogen-bond acceptors (Lipinski definition) is 4. The number of ketones is 1. The summed E-state index contributed by atoms with van der Waals surface area (Å²) in [4.78, 5) is 23.0. The minimum atomic E-state index is -0.444. The summed E-state index contributed by atoms with van der Waals surface area (Å²) in [7, 11) is 0. The van der Waals surface area contributed by atoms with Gasteiger partial charge in [-0.05, 0) is 42.8 Å². The van der Waals surface area contributed by atoms with E-state index in [2.05, 4.69) is 0 Å². The molecule has 0 unspecified atom stereocenters. The van der Waals surface area contributed by atoms with E-state index in [-0.39, 0.29) is 11.5 Å². The number of non-ortho nitro benzene ring substituents is 1. The lowest BCUT2D eigenvalue weighted by Crippen LogP contribution is -2.02. The topological polar surface area (TPSA) is 69.4 Å². The Morgan fingerprint density at radius 2 is 1.91 bits per heavy atom. The van der Waals surface area contributed by atoms with Crippen molar-refractivity contribution >= 4 is 17.5 Å². The first-order chi connectivity index (χ1) is 11.0. The van der Waals surface area contributed by atoms with Gasteiger partial charge in [-0.3, -0.25) is 14.9 Å². The standard InChI is InChI=1S/C18H15NO4/c1-12-2-7-17-16(10-12)18(20)14(8-9-23-17)11-13-3-5-15(6-4-13)19(21)22/h2-7,10-11H,8-9H2,1H3/b14-11+. The number of Topliss-reactive ketones (excluding diaryl/α,β-unsaturated/α-hetero) is 1. The molecule has 116 valence electrons. The number of rotatable bonds is 2. The molecule has 0 radical (unpaired) electrons. The third-order valence-electron chi connectivity index (χ3n) is 3.75. The molecule has 0 spiro atoms. The molecule has 0 bridgehead atoms. The van der Waals surface area contributed by atoms with Crippen LogP contribution in [0.2, 0.25) is 0 Å². The van der Waals surface area contributed by atoms with Crippen molar-refractivity contribution in [3.05, 3.63) is 74.8 Å². The Bertz CT molecular complexity index is 806. The highest BCUT2D eigenvalue weighted by molar-refractivity contribution is 6.13. The van der Waals surface area contributed by atoms with E-state index in [4.69, 9.17) is 4.74 Å². The van der Waals surface area contributed by atoms with Gasteiger partial charge in [0, 0.05) is 24.1 Å². The lowest BCUT2D eigenvalue weighted by Gasteiger charge is -2.06. The van der Waals surface area contributed by atoms with Gasteiger partial charge in [0.2, 0.25) is 0 Å². The van der Waals surface area contributed by atoms with Crippen LogP contribution < -0.4 is 4.74 Å². The maximum atomic E-state index is 12.7. The summed E-state index contributed by atoms with van der Waals surface area (Å²) in [6.07, 6.45) is 2.27. The fourth-order valence-electron chi connectivity index (χ4n) is 2.54. The average Bonchev–Trinajstić information content (AvgIpc) is 2.68. The second kappa shape index (κ2) is 6.04. The van der Waals surface area contributed by atoms with Gasteiger partial charge in [0.25, 0.3) is 5.69 Å². The molecule has 1 aliphatic rings. The predicted molar refractivity (Wildman–Crippen MR) is 86.7 cm³/mol.